The molecule has 0 fully saturated rings. The van der Waals surface area contributed by atoms with Crippen molar-refractivity contribution in [2.75, 3.05) is 0 Å². The minimum atomic E-state index is 0.355. The van der Waals surface area contributed by atoms with E-state index in [0.717, 1.165) is 15.2 Å². The molecule has 16 heavy (non-hydrogen) atoms. The van der Waals surface area contributed by atoms with Crippen molar-refractivity contribution in [3.63, 3.8) is 0 Å². The summed E-state index contributed by atoms with van der Waals surface area (Å²) >= 11 is 11.0. The molecule has 3 heterocycles. The second-order valence-electron chi connectivity index (χ2n) is 3.03. The first kappa shape index (κ1) is 10.2. The summed E-state index contributed by atoms with van der Waals surface area (Å²) in [6.45, 7) is 0. The van der Waals surface area contributed by atoms with Crippen LogP contribution in [0.4, 0.5) is 0 Å². The number of hydrogen-bond donors (Lipinski definition) is 0. The third-order valence-electron chi connectivity index (χ3n) is 2.10. The Morgan fingerprint density at radius 3 is 3.00 bits per heavy atom. The zero-order valence-electron chi connectivity index (χ0n) is 7.76. The standard InChI is InChI=1S/C9H4BrClN4S/c10-5-1-4-16-6(5)8-13-14-9-7(11)12-2-3-15(8)9/h1-4H. The lowest BCUT2D eigenvalue weighted by Crippen LogP contribution is -1.89. The predicted octanol–water partition coefficient (Wildman–Crippen LogP) is 3.27. The lowest BCUT2D eigenvalue weighted by Gasteiger charge is -1.97. The number of rotatable bonds is 1. The van der Waals surface area contributed by atoms with Crippen LogP contribution in [0.5, 0.6) is 0 Å². The molecule has 3 aromatic rings. The Hall–Kier alpha value is -0.980. The lowest BCUT2D eigenvalue weighted by molar-refractivity contribution is 1.12. The summed E-state index contributed by atoms with van der Waals surface area (Å²) in [6, 6.07) is 1.98. The number of thiophene rings is 1. The largest absolute Gasteiger partial charge is 0.278 e. The first-order valence-corrected chi connectivity index (χ1v) is 6.41. The number of fused-ring (bicyclic) bond motifs is 1. The molecule has 0 aliphatic rings. The minimum Gasteiger partial charge on any atom is -0.278 e. The highest BCUT2D eigenvalue weighted by atomic mass is 79.9. The van der Waals surface area contributed by atoms with E-state index in [2.05, 4.69) is 31.1 Å². The fourth-order valence-corrected chi connectivity index (χ4v) is 3.12. The number of nitrogens with zero attached hydrogens (tertiary/aromatic N) is 4. The van der Waals surface area contributed by atoms with Gasteiger partial charge in [-0.2, -0.15) is 0 Å². The van der Waals surface area contributed by atoms with Crippen LogP contribution in [-0.4, -0.2) is 19.6 Å². The SMILES string of the molecule is Clc1nccn2c(-c3sccc3Br)nnc12. The monoisotopic (exact) mass is 314 g/mol. The molecule has 0 aliphatic carbocycles. The van der Waals surface area contributed by atoms with Crippen LogP contribution < -0.4 is 0 Å². The highest BCUT2D eigenvalue weighted by molar-refractivity contribution is 9.10. The quantitative estimate of drug-likeness (QED) is 0.692. The molecule has 3 rings (SSSR count). The van der Waals surface area contributed by atoms with Crippen LogP contribution in [0.3, 0.4) is 0 Å². The van der Waals surface area contributed by atoms with Gasteiger partial charge >= 0.3 is 0 Å². The molecular formula is C9H4BrClN4S. The van der Waals surface area contributed by atoms with Crippen LogP contribution in [0.25, 0.3) is 16.3 Å². The first-order chi connectivity index (χ1) is 7.77. The fourth-order valence-electron chi connectivity index (χ4n) is 1.40. The Bertz CT molecular complexity index is 662. The van der Waals surface area contributed by atoms with E-state index in [1.165, 1.54) is 0 Å². The molecule has 7 heteroatoms. The van der Waals surface area contributed by atoms with Gasteiger partial charge in [-0.3, -0.25) is 4.40 Å². The molecule has 0 spiro atoms. The molecule has 0 saturated heterocycles. The van der Waals surface area contributed by atoms with Crippen molar-refractivity contribution in [1.29, 1.82) is 0 Å². The normalized spacial score (nSPS) is 11.1. The van der Waals surface area contributed by atoms with Gasteiger partial charge in [0.2, 0.25) is 0 Å². The van der Waals surface area contributed by atoms with E-state index in [-0.39, 0.29) is 0 Å². The molecule has 0 bridgehead atoms. The Kier molecular flexibility index (Phi) is 2.42. The van der Waals surface area contributed by atoms with E-state index in [1.807, 2.05) is 15.8 Å². The maximum atomic E-state index is 5.93. The van der Waals surface area contributed by atoms with Gasteiger partial charge in [0.25, 0.3) is 0 Å². The van der Waals surface area contributed by atoms with E-state index < -0.39 is 0 Å². The summed E-state index contributed by atoms with van der Waals surface area (Å²) in [7, 11) is 0. The lowest BCUT2D eigenvalue weighted by atomic mass is 10.4. The van der Waals surface area contributed by atoms with Gasteiger partial charge in [0.1, 0.15) is 0 Å². The minimum absolute atomic E-state index is 0.355. The zero-order valence-corrected chi connectivity index (χ0v) is 10.9. The smallest absolute Gasteiger partial charge is 0.198 e. The van der Waals surface area contributed by atoms with Gasteiger partial charge in [-0.15, -0.1) is 21.5 Å². The summed E-state index contributed by atoms with van der Waals surface area (Å²) < 4.78 is 2.83. The second kappa shape index (κ2) is 3.80. The summed E-state index contributed by atoms with van der Waals surface area (Å²) in [5, 5.41) is 10.5. The third-order valence-corrected chi connectivity index (χ3v) is 4.20. The maximum absolute atomic E-state index is 5.93. The van der Waals surface area contributed by atoms with E-state index >= 15 is 0 Å². The van der Waals surface area contributed by atoms with Crippen LogP contribution in [0.15, 0.2) is 28.3 Å². The number of halogens is 2. The van der Waals surface area contributed by atoms with E-state index in [9.17, 15) is 0 Å². The van der Waals surface area contributed by atoms with Crippen molar-refractivity contribution in [1.82, 2.24) is 19.6 Å². The predicted molar refractivity (Wildman–Crippen MR) is 66.8 cm³/mol. The number of hydrogen-bond acceptors (Lipinski definition) is 4. The molecule has 0 radical (unpaired) electrons. The van der Waals surface area contributed by atoms with Crippen molar-refractivity contribution in [3.05, 3.63) is 33.5 Å². The van der Waals surface area contributed by atoms with Crippen molar-refractivity contribution in [2.45, 2.75) is 0 Å². The fraction of sp³-hybridized carbons (Fsp3) is 0. The Labute approximate surface area is 108 Å². The first-order valence-electron chi connectivity index (χ1n) is 4.36. The second-order valence-corrected chi connectivity index (χ2v) is 5.16. The van der Waals surface area contributed by atoms with Crippen molar-refractivity contribution in [3.8, 4) is 10.7 Å². The van der Waals surface area contributed by atoms with Gasteiger partial charge in [0.15, 0.2) is 16.6 Å². The van der Waals surface area contributed by atoms with Crippen molar-refractivity contribution < 1.29 is 0 Å². The summed E-state index contributed by atoms with van der Waals surface area (Å²) in [4.78, 5) is 4.98. The van der Waals surface area contributed by atoms with Crippen LogP contribution >= 0.6 is 38.9 Å². The van der Waals surface area contributed by atoms with Gasteiger partial charge in [0, 0.05) is 16.9 Å². The highest BCUT2D eigenvalue weighted by Gasteiger charge is 2.14. The van der Waals surface area contributed by atoms with Gasteiger partial charge in [-0.1, -0.05) is 11.6 Å². The molecule has 0 saturated carbocycles. The third kappa shape index (κ3) is 1.45. The van der Waals surface area contributed by atoms with Crippen LogP contribution in [0.2, 0.25) is 5.15 Å². The Morgan fingerprint density at radius 1 is 1.38 bits per heavy atom. The summed E-state index contributed by atoms with van der Waals surface area (Å²) in [5.74, 6) is 0.765. The Morgan fingerprint density at radius 2 is 2.25 bits per heavy atom. The average molecular weight is 316 g/mol. The van der Waals surface area contributed by atoms with Crippen LogP contribution in [-0.2, 0) is 0 Å². The van der Waals surface area contributed by atoms with Gasteiger partial charge in [-0.05, 0) is 27.4 Å². The molecule has 3 aromatic heterocycles. The Balaban J connectivity index is 2.34. The van der Waals surface area contributed by atoms with E-state index in [0.29, 0.717) is 10.8 Å². The van der Waals surface area contributed by atoms with E-state index in [4.69, 9.17) is 11.6 Å². The molecule has 0 aromatic carbocycles. The topological polar surface area (TPSA) is 43.1 Å². The van der Waals surface area contributed by atoms with Crippen molar-refractivity contribution in [2.24, 2.45) is 0 Å². The van der Waals surface area contributed by atoms with Gasteiger partial charge in [0.05, 0.1) is 4.88 Å². The average Bonchev–Trinajstić information content (AvgIpc) is 2.84. The molecule has 0 atom stereocenters. The summed E-state index contributed by atoms with van der Waals surface area (Å²) in [5.41, 5.74) is 0.569. The highest BCUT2D eigenvalue weighted by Crippen LogP contribution is 2.32. The molecular weight excluding hydrogens is 312 g/mol. The molecule has 0 unspecified atom stereocenters. The van der Waals surface area contributed by atoms with Crippen LogP contribution in [0.1, 0.15) is 0 Å². The molecule has 0 N–H and O–H groups in total. The molecule has 0 aliphatic heterocycles. The molecule has 80 valence electrons. The molecule has 4 nitrogen and oxygen atoms in total. The van der Waals surface area contributed by atoms with Crippen molar-refractivity contribution >= 4 is 44.5 Å². The zero-order chi connectivity index (χ0) is 11.1. The number of aromatic nitrogens is 4. The van der Waals surface area contributed by atoms with Gasteiger partial charge < -0.3 is 0 Å². The van der Waals surface area contributed by atoms with Gasteiger partial charge in [-0.25, -0.2) is 4.98 Å². The molecule has 0 amide bonds. The van der Waals surface area contributed by atoms with Crippen LogP contribution in [0, 0.1) is 0 Å². The summed E-state index contributed by atoms with van der Waals surface area (Å²) in [6.07, 6.45) is 3.42. The maximum Gasteiger partial charge on any atom is 0.198 e. The van der Waals surface area contributed by atoms with E-state index in [1.54, 1.807) is 23.7 Å².